The molecule has 2 aliphatic rings. The Kier molecular flexibility index (Phi) is 3.01. The lowest BCUT2D eigenvalue weighted by molar-refractivity contribution is -0.132. The summed E-state index contributed by atoms with van der Waals surface area (Å²) in [6, 6.07) is 7.86. The second kappa shape index (κ2) is 4.68. The van der Waals surface area contributed by atoms with Gasteiger partial charge in [0.05, 0.1) is 0 Å². The molecule has 0 N–H and O–H groups in total. The number of benzene rings is 1. The number of hydrogen-bond donors (Lipinski definition) is 0. The number of anilines is 1. The topological polar surface area (TPSA) is 40.6 Å². The summed E-state index contributed by atoms with van der Waals surface area (Å²) < 4.78 is 0. The Morgan fingerprint density at radius 1 is 1.11 bits per heavy atom. The highest BCUT2D eigenvalue weighted by Crippen LogP contribution is 2.30. The number of hydrogen-bond acceptors (Lipinski definition) is 2. The number of aryl methyl sites for hydroxylation is 1. The van der Waals surface area contributed by atoms with Gasteiger partial charge < -0.3 is 0 Å². The van der Waals surface area contributed by atoms with Gasteiger partial charge in [-0.2, -0.15) is 0 Å². The quantitative estimate of drug-likeness (QED) is 0.818. The van der Waals surface area contributed by atoms with Crippen LogP contribution in [0.3, 0.4) is 0 Å². The van der Waals surface area contributed by atoms with Crippen LogP contribution in [0.4, 0.5) is 10.5 Å². The van der Waals surface area contributed by atoms with E-state index in [0.29, 0.717) is 13.0 Å². The number of imide groups is 1. The molecule has 19 heavy (non-hydrogen) atoms. The highest BCUT2D eigenvalue weighted by Gasteiger charge is 2.39. The van der Waals surface area contributed by atoms with Crippen LogP contribution < -0.4 is 4.90 Å². The lowest BCUT2D eigenvalue weighted by Crippen LogP contribution is -2.57. The molecule has 0 bridgehead atoms. The number of rotatable bonds is 2. The van der Waals surface area contributed by atoms with Crippen molar-refractivity contribution in [1.29, 1.82) is 0 Å². The lowest BCUT2D eigenvalue weighted by atomic mass is 9.91. The van der Waals surface area contributed by atoms with Crippen molar-refractivity contribution >= 4 is 17.6 Å². The van der Waals surface area contributed by atoms with Gasteiger partial charge in [-0.15, -0.1) is 0 Å². The van der Waals surface area contributed by atoms with Crippen molar-refractivity contribution < 1.29 is 9.59 Å². The summed E-state index contributed by atoms with van der Waals surface area (Å²) >= 11 is 0. The van der Waals surface area contributed by atoms with Crippen LogP contribution in [0.15, 0.2) is 24.3 Å². The monoisotopic (exact) mass is 258 g/mol. The standard InChI is InChI=1S/C15H18N2O2/c1-11-5-7-12(8-6-11)16-10-9-14(18)17(15(16)19)13-3-2-4-13/h5-8,13H,2-4,9-10H2,1H3. The van der Waals surface area contributed by atoms with Crippen LogP contribution in [0.2, 0.25) is 0 Å². The van der Waals surface area contributed by atoms with Gasteiger partial charge in [0.25, 0.3) is 0 Å². The van der Waals surface area contributed by atoms with E-state index < -0.39 is 0 Å². The van der Waals surface area contributed by atoms with Gasteiger partial charge in [0, 0.05) is 24.7 Å². The fourth-order valence-electron chi connectivity index (χ4n) is 2.63. The van der Waals surface area contributed by atoms with Crippen LogP contribution in [0.5, 0.6) is 0 Å². The summed E-state index contributed by atoms with van der Waals surface area (Å²) in [6.07, 6.45) is 3.46. The van der Waals surface area contributed by atoms with Gasteiger partial charge in [0.1, 0.15) is 0 Å². The van der Waals surface area contributed by atoms with E-state index in [0.717, 1.165) is 24.9 Å². The maximum Gasteiger partial charge on any atom is 0.331 e. The molecule has 4 heteroatoms. The summed E-state index contributed by atoms with van der Waals surface area (Å²) in [7, 11) is 0. The Bertz CT molecular complexity index is 505. The Labute approximate surface area is 113 Å². The van der Waals surface area contributed by atoms with E-state index in [1.54, 1.807) is 4.90 Å². The van der Waals surface area contributed by atoms with Crippen molar-refractivity contribution in [1.82, 2.24) is 4.90 Å². The molecular formula is C15H18N2O2. The summed E-state index contributed by atoms with van der Waals surface area (Å²) in [5.41, 5.74) is 2.05. The zero-order valence-corrected chi connectivity index (χ0v) is 11.1. The molecule has 0 atom stereocenters. The van der Waals surface area contributed by atoms with Crippen LogP contribution in [-0.4, -0.2) is 29.4 Å². The second-order valence-corrected chi connectivity index (χ2v) is 5.37. The minimum Gasteiger partial charge on any atom is -0.293 e. The first kappa shape index (κ1) is 12.2. The van der Waals surface area contributed by atoms with Crippen molar-refractivity contribution in [2.24, 2.45) is 0 Å². The van der Waals surface area contributed by atoms with Crippen LogP contribution >= 0.6 is 0 Å². The highest BCUT2D eigenvalue weighted by molar-refractivity contribution is 6.06. The molecule has 1 saturated carbocycles. The SMILES string of the molecule is Cc1ccc(N2CCC(=O)N(C3CCC3)C2=O)cc1. The Hall–Kier alpha value is -1.84. The van der Waals surface area contributed by atoms with Crippen LogP contribution in [-0.2, 0) is 4.79 Å². The molecule has 4 nitrogen and oxygen atoms in total. The molecule has 0 unspecified atom stereocenters. The summed E-state index contributed by atoms with van der Waals surface area (Å²) in [4.78, 5) is 27.6. The number of carbonyl (C=O) groups excluding carboxylic acids is 2. The van der Waals surface area contributed by atoms with Crippen LogP contribution in [0.1, 0.15) is 31.2 Å². The predicted molar refractivity (Wildman–Crippen MR) is 73.0 cm³/mol. The largest absolute Gasteiger partial charge is 0.331 e. The van der Waals surface area contributed by atoms with E-state index in [1.807, 2.05) is 31.2 Å². The fraction of sp³-hybridized carbons (Fsp3) is 0.467. The average molecular weight is 258 g/mol. The normalized spacial score (nSPS) is 20.7. The number of urea groups is 1. The molecule has 0 radical (unpaired) electrons. The molecule has 100 valence electrons. The van der Waals surface area contributed by atoms with Crippen molar-refractivity contribution in [3.8, 4) is 0 Å². The first-order valence-electron chi connectivity index (χ1n) is 6.87. The molecule has 1 aliphatic heterocycles. The molecule has 0 spiro atoms. The molecule has 3 rings (SSSR count). The summed E-state index contributed by atoms with van der Waals surface area (Å²) in [5.74, 6) is -0.0157. The molecule has 2 fully saturated rings. The summed E-state index contributed by atoms with van der Waals surface area (Å²) in [6.45, 7) is 2.51. The van der Waals surface area contributed by atoms with Crippen molar-refractivity contribution in [3.05, 3.63) is 29.8 Å². The zero-order chi connectivity index (χ0) is 13.4. The van der Waals surface area contributed by atoms with Crippen molar-refractivity contribution in [2.75, 3.05) is 11.4 Å². The van der Waals surface area contributed by atoms with Gasteiger partial charge in [0.2, 0.25) is 5.91 Å². The maximum atomic E-state index is 12.5. The first-order valence-corrected chi connectivity index (χ1v) is 6.87. The minimum atomic E-state index is -0.148. The number of nitrogens with zero attached hydrogens (tertiary/aromatic N) is 2. The first-order chi connectivity index (χ1) is 9.16. The molecule has 1 saturated heterocycles. The van der Waals surface area contributed by atoms with Gasteiger partial charge in [-0.25, -0.2) is 4.79 Å². The fourth-order valence-corrected chi connectivity index (χ4v) is 2.63. The molecule has 1 aliphatic carbocycles. The smallest absolute Gasteiger partial charge is 0.293 e. The van der Waals surface area contributed by atoms with Gasteiger partial charge in [-0.05, 0) is 38.3 Å². The number of amides is 3. The van der Waals surface area contributed by atoms with Gasteiger partial charge in [-0.1, -0.05) is 17.7 Å². The number of carbonyl (C=O) groups is 2. The van der Waals surface area contributed by atoms with Crippen molar-refractivity contribution in [3.63, 3.8) is 0 Å². The van der Waals surface area contributed by atoms with E-state index >= 15 is 0 Å². The molecule has 1 heterocycles. The predicted octanol–water partition coefficient (Wildman–Crippen LogP) is 2.71. The Morgan fingerprint density at radius 3 is 2.37 bits per heavy atom. The molecule has 3 amide bonds. The van der Waals surface area contributed by atoms with E-state index in [-0.39, 0.29) is 18.0 Å². The maximum absolute atomic E-state index is 12.5. The Balaban J connectivity index is 1.84. The third-order valence-electron chi connectivity index (χ3n) is 4.04. The zero-order valence-electron chi connectivity index (χ0n) is 11.1. The van der Waals surface area contributed by atoms with E-state index in [2.05, 4.69) is 0 Å². The molecule has 0 aromatic heterocycles. The lowest BCUT2D eigenvalue weighted by Gasteiger charge is -2.42. The van der Waals surface area contributed by atoms with Crippen molar-refractivity contribution in [2.45, 2.75) is 38.6 Å². The molecule has 1 aromatic carbocycles. The molecular weight excluding hydrogens is 240 g/mol. The highest BCUT2D eigenvalue weighted by atomic mass is 16.2. The second-order valence-electron chi connectivity index (χ2n) is 5.37. The van der Waals surface area contributed by atoms with Crippen LogP contribution in [0, 0.1) is 6.92 Å². The summed E-state index contributed by atoms with van der Waals surface area (Å²) in [5, 5.41) is 0. The van der Waals surface area contributed by atoms with E-state index in [4.69, 9.17) is 0 Å². The van der Waals surface area contributed by atoms with Gasteiger partial charge in [-0.3, -0.25) is 14.6 Å². The van der Waals surface area contributed by atoms with Gasteiger partial charge >= 0.3 is 6.03 Å². The average Bonchev–Trinajstić information content (AvgIpc) is 2.34. The third-order valence-corrected chi connectivity index (χ3v) is 4.04. The van der Waals surface area contributed by atoms with E-state index in [1.165, 1.54) is 10.5 Å². The van der Waals surface area contributed by atoms with Crippen LogP contribution in [0.25, 0.3) is 0 Å². The minimum absolute atomic E-state index is 0.0157. The van der Waals surface area contributed by atoms with E-state index in [9.17, 15) is 9.59 Å². The van der Waals surface area contributed by atoms with Gasteiger partial charge in [0.15, 0.2) is 0 Å². The molecule has 1 aromatic rings. The third kappa shape index (κ3) is 2.11. The Morgan fingerprint density at radius 2 is 1.79 bits per heavy atom.